The molecule has 1 atom stereocenters. The van der Waals surface area contributed by atoms with Crippen LogP contribution in [0, 0.1) is 11.8 Å². The predicted octanol–water partition coefficient (Wildman–Crippen LogP) is 2.95. The van der Waals surface area contributed by atoms with Crippen LogP contribution in [0.5, 0.6) is 0 Å². The van der Waals surface area contributed by atoms with Gasteiger partial charge in [-0.25, -0.2) is 0 Å². The Hall–Kier alpha value is -1.52. The maximum absolute atomic E-state index is 9.96. The summed E-state index contributed by atoms with van der Waals surface area (Å²) in [4.78, 5) is 0. The van der Waals surface area contributed by atoms with Gasteiger partial charge in [-0.05, 0) is 0 Å². The number of hydrogen-bond acceptors (Lipinski definition) is 1. The molecule has 0 radical (unpaired) electrons. The third kappa shape index (κ3) is 5.23. The molecule has 2 aromatic carbocycles. The molecule has 0 saturated heterocycles. The first-order valence-corrected chi connectivity index (χ1v) is 8.79. The van der Waals surface area contributed by atoms with E-state index in [1.165, 1.54) is 4.46 Å². The third-order valence-corrected chi connectivity index (χ3v) is 4.97. The zero-order chi connectivity index (χ0) is 14.0. The molecule has 1 nitrogen and oxygen atoms in total. The van der Waals surface area contributed by atoms with Crippen molar-refractivity contribution in [1.82, 2.24) is 0 Å². The molecule has 0 fully saturated rings. The van der Waals surface area contributed by atoms with Crippen LogP contribution in [0.25, 0.3) is 0 Å². The summed E-state index contributed by atoms with van der Waals surface area (Å²) >= 11 is 0.508. The second kappa shape index (κ2) is 8.61. The Kier molecular flexibility index (Phi) is 6.41. The molecular weight excluding hydrogens is 311 g/mol. The van der Waals surface area contributed by atoms with E-state index >= 15 is 0 Å². The van der Waals surface area contributed by atoms with Gasteiger partial charge >= 0.3 is 127 Å². The summed E-state index contributed by atoms with van der Waals surface area (Å²) in [5.74, 6) is 6.24. The summed E-state index contributed by atoms with van der Waals surface area (Å²) in [5.41, 5.74) is 0.940. The van der Waals surface area contributed by atoms with Gasteiger partial charge in [-0.1, -0.05) is 0 Å². The molecule has 0 aliphatic carbocycles. The van der Waals surface area contributed by atoms with Gasteiger partial charge in [0.25, 0.3) is 0 Å². The fraction of sp³-hybridized carbons (Fsp3) is 0.222. The van der Waals surface area contributed by atoms with Gasteiger partial charge in [-0.15, -0.1) is 0 Å². The molecule has 1 N–H and O–H groups in total. The molecule has 0 amide bonds. The molecule has 0 spiro atoms. The summed E-state index contributed by atoms with van der Waals surface area (Å²) in [6.07, 6.45) is 0.960. The van der Waals surface area contributed by atoms with Gasteiger partial charge in [0.2, 0.25) is 0 Å². The molecule has 0 aromatic heterocycles. The van der Waals surface area contributed by atoms with Crippen molar-refractivity contribution in [3.05, 3.63) is 66.2 Å². The Morgan fingerprint density at radius 1 is 0.900 bits per heavy atom. The van der Waals surface area contributed by atoms with Crippen LogP contribution in [-0.4, -0.2) is 20.1 Å². The van der Waals surface area contributed by atoms with Crippen molar-refractivity contribution >= 4 is 19.4 Å². The Bertz CT molecular complexity index is 554. The average molecular weight is 329 g/mol. The van der Waals surface area contributed by atoms with Crippen molar-refractivity contribution in [3.63, 3.8) is 0 Å². The molecule has 1 unspecified atom stereocenters. The monoisotopic (exact) mass is 330 g/mol. The van der Waals surface area contributed by atoms with Gasteiger partial charge in [0, 0.05) is 0 Å². The molecule has 0 bridgehead atoms. The minimum absolute atomic E-state index is 0.469. The van der Waals surface area contributed by atoms with Gasteiger partial charge in [0.1, 0.15) is 0 Å². The normalized spacial score (nSPS) is 11.4. The predicted molar refractivity (Wildman–Crippen MR) is 85.0 cm³/mol. The molecule has 0 saturated carbocycles. The van der Waals surface area contributed by atoms with Crippen molar-refractivity contribution in [1.29, 1.82) is 0 Å². The standard InChI is InChI=1S/C18H18OSe/c19-18(16-10-4-1-5-11-16)14-8-3-9-15-20-17-12-6-2-7-13-17/h1-2,4-7,10-13,18-19H,9,14-15H2. The summed E-state index contributed by atoms with van der Waals surface area (Å²) < 4.78 is 1.42. The van der Waals surface area contributed by atoms with E-state index in [-0.39, 0.29) is 0 Å². The molecule has 0 aliphatic heterocycles. The summed E-state index contributed by atoms with van der Waals surface area (Å²) in [6.45, 7) is 0. The molecule has 0 heterocycles. The average Bonchev–Trinajstić information content (AvgIpc) is 2.52. The van der Waals surface area contributed by atoms with E-state index in [0.29, 0.717) is 21.4 Å². The quantitative estimate of drug-likeness (QED) is 0.508. The molecular formula is C18H18OSe. The van der Waals surface area contributed by atoms with E-state index in [0.717, 1.165) is 17.3 Å². The summed E-state index contributed by atoms with van der Waals surface area (Å²) in [7, 11) is 0. The Morgan fingerprint density at radius 3 is 2.25 bits per heavy atom. The Labute approximate surface area is 127 Å². The van der Waals surface area contributed by atoms with Crippen molar-refractivity contribution < 1.29 is 5.11 Å². The Morgan fingerprint density at radius 2 is 1.55 bits per heavy atom. The summed E-state index contributed by atoms with van der Waals surface area (Å²) in [5, 5.41) is 11.1. The van der Waals surface area contributed by atoms with E-state index in [4.69, 9.17) is 0 Å². The fourth-order valence-corrected chi connectivity index (χ4v) is 3.44. The van der Waals surface area contributed by atoms with Crippen molar-refractivity contribution in [3.8, 4) is 11.8 Å². The van der Waals surface area contributed by atoms with Crippen molar-refractivity contribution in [2.75, 3.05) is 0 Å². The van der Waals surface area contributed by atoms with Crippen LogP contribution in [0.2, 0.25) is 5.32 Å². The number of aliphatic hydroxyl groups excluding tert-OH is 1. The van der Waals surface area contributed by atoms with Crippen molar-refractivity contribution in [2.45, 2.75) is 24.3 Å². The van der Waals surface area contributed by atoms with Crippen LogP contribution in [0.3, 0.4) is 0 Å². The van der Waals surface area contributed by atoms with Gasteiger partial charge in [-0.2, -0.15) is 0 Å². The first kappa shape index (κ1) is 14.9. The molecule has 2 rings (SSSR count). The molecule has 2 heteroatoms. The number of aliphatic hydroxyl groups is 1. The van der Waals surface area contributed by atoms with E-state index in [2.05, 4.69) is 36.1 Å². The minimum atomic E-state index is -0.469. The topological polar surface area (TPSA) is 20.2 Å². The first-order valence-electron chi connectivity index (χ1n) is 6.73. The second-order valence-corrected chi connectivity index (χ2v) is 6.85. The van der Waals surface area contributed by atoms with Crippen LogP contribution in [-0.2, 0) is 0 Å². The fourth-order valence-electron chi connectivity index (χ4n) is 1.79. The second-order valence-electron chi connectivity index (χ2n) is 4.40. The SMILES string of the molecule is OC(CC#CCC[Se]c1ccccc1)c1ccccc1. The van der Waals surface area contributed by atoms with Crippen molar-refractivity contribution in [2.24, 2.45) is 0 Å². The van der Waals surface area contributed by atoms with Crippen LogP contribution in [0.1, 0.15) is 24.5 Å². The Balaban J connectivity index is 1.68. The third-order valence-electron chi connectivity index (χ3n) is 2.84. The van der Waals surface area contributed by atoms with E-state index in [1.807, 2.05) is 36.4 Å². The van der Waals surface area contributed by atoms with E-state index in [9.17, 15) is 5.11 Å². The molecule has 2 aromatic rings. The molecule has 20 heavy (non-hydrogen) atoms. The van der Waals surface area contributed by atoms with Crippen LogP contribution in [0.4, 0.5) is 0 Å². The van der Waals surface area contributed by atoms with Gasteiger partial charge in [-0.3, -0.25) is 0 Å². The van der Waals surface area contributed by atoms with E-state index in [1.54, 1.807) is 0 Å². The van der Waals surface area contributed by atoms with Gasteiger partial charge in [0.05, 0.1) is 0 Å². The molecule has 102 valence electrons. The number of benzene rings is 2. The molecule has 0 aliphatic rings. The summed E-state index contributed by atoms with van der Waals surface area (Å²) in [6, 6.07) is 20.3. The number of hydrogen-bond donors (Lipinski definition) is 1. The van der Waals surface area contributed by atoms with Crippen LogP contribution < -0.4 is 4.46 Å². The zero-order valence-corrected chi connectivity index (χ0v) is 13.0. The van der Waals surface area contributed by atoms with E-state index < -0.39 is 6.10 Å². The first-order chi connectivity index (χ1) is 9.86. The van der Waals surface area contributed by atoms with Crippen LogP contribution >= 0.6 is 0 Å². The van der Waals surface area contributed by atoms with Crippen LogP contribution in [0.15, 0.2) is 60.7 Å². The van der Waals surface area contributed by atoms with Gasteiger partial charge in [0.15, 0.2) is 0 Å². The zero-order valence-electron chi connectivity index (χ0n) is 11.3. The number of rotatable bonds is 5. The maximum atomic E-state index is 9.96. The van der Waals surface area contributed by atoms with Gasteiger partial charge < -0.3 is 0 Å².